The standard InChI is InChI=1S/C17H20N4S/c18-14-15-4-1-7-19-17(15)21-9-3-8-20(11-12-21)10-6-16-5-2-13-22-16/h1-2,4-5,7,13H,3,6,8-12H2. The van der Waals surface area contributed by atoms with Crippen molar-refractivity contribution >= 4 is 17.2 Å². The molecule has 0 N–H and O–H groups in total. The molecule has 3 heterocycles. The Balaban J connectivity index is 1.59. The fraction of sp³-hybridized carbons (Fsp3) is 0.412. The Morgan fingerprint density at radius 3 is 2.95 bits per heavy atom. The molecule has 1 aliphatic rings. The molecule has 114 valence electrons. The van der Waals surface area contributed by atoms with E-state index in [0.29, 0.717) is 5.56 Å². The molecule has 5 heteroatoms. The van der Waals surface area contributed by atoms with E-state index in [-0.39, 0.29) is 0 Å². The second-order valence-electron chi connectivity index (χ2n) is 5.50. The van der Waals surface area contributed by atoms with Crippen LogP contribution in [0, 0.1) is 11.3 Å². The first kappa shape index (κ1) is 15.0. The number of hydrogen-bond donors (Lipinski definition) is 0. The molecule has 0 unspecified atom stereocenters. The van der Waals surface area contributed by atoms with E-state index < -0.39 is 0 Å². The van der Waals surface area contributed by atoms with Crippen LogP contribution in [0.15, 0.2) is 35.8 Å². The molecule has 0 saturated carbocycles. The summed E-state index contributed by atoms with van der Waals surface area (Å²) in [6, 6.07) is 10.3. The van der Waals surface area contributed by atoms with E-state index in [9.17, 15) is 5.26 Å². The van der Waals surface area contributed by atoms with Crippen LogP contribution in [0.25, 0.3) is 0 Å². The summed E-state index contributed by atoms with van der Waals surface area (Å²) in [6.45, 7) is 5.18. The first-order valence-corrected chi connectivity index (χ1v) is 8.59. The van der Waals surface area contributed by atoms with Crippen LogP contribution in [0.4, 0.5) is 5.82 Å². The molecule has 0 aliphatic carbocycles. The van der Waals surface area contributed by atoms with E-state index in [2.05, 4.69) is 38.4 Å². The molecule has 0 radical (unpaired) electrons. The third kappa shape index (κ3) is 3.65. The SMILES string of the molecule is N#Cc1cccnc1N1CCCN(CCc2cccs2)CC1. The number of rotatable bonds is 4. The monoisotopic (exact) mass is 312 g/mol. The number of pyridine rings is 1. The molecule has 0 spiro atoms. The van der Waals surface area contributed by atoms with Crippen LogP contribution < -0.4 is 4.90 Å². The Labute approximate surface area is 135 Å². The number of thiophene rings is 1. The summed E-state index contributed by atoms with van der Waals surface area (Å²) in [6.07, 6.45) is 4.02. The first-order chi connectivity index (χ1) is 10.9. The van der Waals surface area contributed by atoms with Crippen molar-refractivity contribution in [3.63, 3.8) is 0 Å². The highest BCUT2D eigenvalue weighted by molar-refractivity contribution is 7.09. The molecule has 1 fully saturated rings. The molecule has 2 aromatic heterocycles. The Hall–Kier alpha value is -1.90. The molecular weight excluding hydrogens is 292 g/mol. The fourth-order valence-corrected chi connectivity index (χ4v) is 3.56. The third-order valence-corrected chi connectivity index (χ3v) is 4.99. The van der Waals surface area contributed by atoms with Gasteiger partial charge in [0.25, 0.3) is 0 Å². The molecule has 1 aliphatic heterocycles. The van der Waals surface area contributed by atoms with Crippen molar-refractivity contribution in [2.24, 2.45) is 0 Å². The average Bonchev–Trinajstić information content (AvgIpc) is 2.97. The molecule has 0 aromatic carbocycles. The van der Waals surface area contributed by atoms with Gasteiger partial charge in [-0.15, -0.1) is 11.3 Å². The number of aromatic nitrogens is 1. The predicted octanol–water partition coefficient (Wildman–Crippen LogP) is 2.77. The highest BCUT2D eigenvalue weighted by Crippen LogP contribution is 2.18. The second kappa shape index (κ2) is 7.39. The quantitative estimate of drug-likeness (QED) is 0.871. The van der Waals surface area contributed by atoms with Crippen LogP contribution >= 0.6 is 11.3 Å². The van der Waals surface area contributed by atoms with Crippen molar-refractivity contribution in [2.45, 2.75) is 12.8 Å². The van der Waals surface area contributed by atoms with Crippen LogP contribution in [0.1, 0.15) is 16.9 Å². The van der Waals surface area contributed by atoms with Gasteiger partial charge in [-0.25, -0.2) is 4.98 Å². The van der Waals surface area contributed by atoms with Crippen molar-refractivity contribution in [1.82, 2.24) is 9.88 Å². The lowest BCUT2D eigenvalue weighted by atomic mass is 10.2. The van der Waals surface area contributed by atoms with Gasteiger partial charge in [0.15, 0.2) is 0 Å². The number of anilines is 1. The van der Waals surface area contributed by atoms with Gasteiger partial charge in [0.05, 0.1) is 5.56 Å². The lowest BCUT2D eigenvalue weighted by Gasteiger charge is -2.23. The van der Waals surface area contributed by atoms with E-state index >= 15 is 0 Å². The van der Waals surface area contributed by atoms with E-state index in [1.807, 2.05) is 23.5 Å². The van der Waals surface area contributed by atoms with Crippen molar-refractivity contribution in [3.05, 3.63) is 46.3 Å². The maximum atomic E-state index is 9.24. The smallest absolute Gasteiger partial charge is 0.146 e. The van der Waals surface area contributed by atoms with Crippen LogP contribution in [0.2, 0.25) is 0 Å². The van der Waals surface area contributed by atoms with Gasteiger partial charge in [-0.05, 0) is 43.0 Å². The van der Waals surface area contributed by atoms with Crippen molar-refractivity contribution in [1.29, 1.82) is 5.26 Å². The largest absolute Gasteiger partial charge is 0.354 e. The van der Waals surface area contributed by atoms with Crippen LogP contribution in [0.3, 0.4) is 0 Å². The van der Waals surface area contributed by atoms with Crippen molar-refractivity contribution in [2.75, 3.05) is 37.6 Å². The van der Waals surface area contributed by atoms with Gasteiger partial charge in [-0.2, -0.15) is 5.26 Å². The summed E-state index contributed by atoms with van der Waals surface area (Å²) in [5, 5.41) is 11.4. The number of hydrogen-bond acceptors (Lipinski definition) is 5. The zero-order valence-electron chi connectivity index (χ0n) is 12.6. The van der Waals surface area contributed by atoms with E-state index in [4.69, 9.17) is 0 Å². The minimum atomic E-state index is 0.675. The maximum Gasteiger partial charge on any atom is 0.146 e. The molecule has 0 atom stereocenters. The number of nitrogens with zero attached hydrogens (tertiary/aromatic N) is 4. The lowest BCUT2D eigenvalue weighted by Crippen LogP contribution is -2.32. The van der Waals surface area contributed by atoms with Crippen LogP contribution in [0.5, 0.6) is 0 Å². The lowest BCUT2D eigenvalue weighted by molar-refractivity contribution is 0.298. The highest BCUT2D eigenvalue weighted by atomic mass is 32.1. The topological polar surface area (TPSA) is 43.2 Å². The molecule has 22 heavy (non-hydrogen) atoms. The van der Waals surface area contributed by atoms with Crippen molar-refractivity contribution < 1.29 is 0 Å². The summed E-state index contributed by atoms with van der Waals surface area (Å²) in [7, 11) is 0. The average molecular weight is 312 g/mol. The van der Waals surface area contributed by atoms with E-state index in [1.54, 1.807) is 6.20 Å². The van der Waals surface area contributed by atoms with E-state index in [1.165, 1.54) is 4.88 Å². The molecular formula is C17H20N4S. The Morgan fingerprint density at radius 1 is 1.18 bits per heavy atom. The molecule has 3 rings (SSSR count). The molecule has 2 aromatic rings. The molecule has 4 nitrogen and oxygen atoms in total. The third-order valence-electron chi connectivity index (χ3n) is 4.05. The van der Waals surface area contributed by atoms with Crippen molar-refractivity contribution in [3.8, 4) is 6.07 Å². The summed E-state index contributed by atoms with van der Waals surface area (Å²) in [5.74, 6) is 0.838. The Bertz CT molecular complexity index is 632. The second-order valence-corrected chi connectivity index (χ2v) is 6.53. The van der Waals surface area contributed by atoms with Gasteiger partial charge >= 0.3 is 0 Å². The Kier molecular flexibility index (Phi) is 5.04. The highest BCUT2D eigenvalue weighted by Gasteiger charge is 2.18. The Morgan fingerprint density at radius 2 is 2.14 bits per heavy atom. The minimum absolute atomic E-state index is 0.675. The van der Waals surface area contributed by atoms with Gasteiger partial charge in [0.2, 0.25) is 0 Å². The van der Waals surface area contributed by atoms with E-state index in [0.717, 1.165) is 51.4 Å². The van der Waals surface area contributed by atoms with Gasteiger partial charge < -0.3 is 9.80 Å². The number of nitriles is 1. The summed E-state index contributed by atoms with van der Waals surface area (Å²) in [4.78, 5) is 10.6. The van der Waals surface area contributed by atoms with Gasteiger partial charge in [-0.3, -0.25) is 0 Å². The summed E-state index contributed by atoms with van der Waals surface area (Å²) >= 11 is 1.84. The molecule has 0 bridgehead atoms. The van der Waals surface area contributed by atoms with Crippen LogP contribution in [-0.4, -0.2) is 42.6 Å². The van der Waals surface area contributed by atoms with Crippen LogP contribution in [-0.2, 0) is 6.42 Å². The zero-order chi connectivity index (χ0) is 15.2. The first-order valence-electron chi connectivity index (χ1n) is 7.71. The fourth-order valence-electron chi connectivity index (χ4n) is 2.87. The molecule has 0 amide bonds. The molecule has 1 saturated heterocycles. The summed E-state index contributed by atoms with van der Waals surface area (Å²) < 4.78 is 0. The minimum Gasteiger partial charge on any atom is -0.354 e. The van der Waals surface area contributed by atoms with Gasteiger partial charge in [0, 0.05) is 37.3 Å². The predicted molar refractivity (Wildman–Crippen MR) is 90.2 cm³/mol. The van der Waals surface area contributed by atoms with Gasteiger partial charge in [-0.1, -0.05) is 6.07 Å². The maximum absolute atomic E-state index is 9.24. The normalized spacial score (nSPS) is 16.2. The van der Waals surface area contributed by atoms with Gasteiger partial charge in [0.1, 0.15) is 11.9 Å². The summed E-state index contributed by atoms with van der Waals surface area (Å²) in [5.41, 5.74) is 0.675. The zero-order valence-corrected chi connectivity index (χ0v) is 13.4.